The van der Waals surface area contributed by atoms with Crippen molar-refractivity contribution in [3.8, 4) is 0 Å². The Bertz CT molecular complexity index is 498. The van der Waals surface area contributed by atoms with Gasteiger partial charge in [0, 0.05) is 12.0 Å². The van der Waals surface area contributed by atoms with Crippen LogP contribution < -0.4 is 0 Å². The Kier molecular flexibility index (Phi) is 2.78. The SMILES string of the molecule is O=C1CC[C@H]2CO[C@H](c3ccc(C(F)(F)F)cc3)N12. The second-order valence-corrected chi connectivity index (χ2v) is 4.80. The maximum atomic E-state index is 12.5. The summed E-state index contributed by atoms with van der Waals surface area (Å²) < 4.78 is 43.0. The molecule has 6 heteroatoms. The highest BCUT2D eigenvalue weighted by Gasteiger charge is 2.43. The van der Waals surface area contributed by atoms with Crippen molar-refractivity contribution in [2.75, 3.05) is 6.61 Å². The summed E-state index contributed by atoms with van der Waals surface area (Å²) in [6, 6.07) is 4.86. The standard InChI is InChI=1S/C13H12F3NO2/c14-13(15,16)9-3-1-8(2-4-9)12-17-10(7-19-12)5-6-11(17)18/h1-4,10,12H,5-7H2/t10-,12+/m0/s1. The molecule has 2 heterocycles. The molecule has 1 aromatic carbocycles. The van der Waals surface area contributed by atoms with Crippen LogP contribution in [-0.2, 0) is 15.7 Å². The van der Waals surface area contributed by atoms with Crippen LogP contribution >= 0.6 is 0 Å². The highest BCUT2D eigenvalue weighted by atomic mass is 19.4. The third-order valence-corrected chi connectivity index (χ3v) is 3.60. The summed E-state index contributed by atoms with van der Waals surface area (Å²) in [6.45, 7) is 0.456. The lowest BCUT2D eigenvalue weighted by Crippen LogP contribution is -2.30. The molecule has 2 fully saturated rings. The van der Waals surface area contributed by atoms with Crippen LogP contribution in [0.25, 0.3) is 0 Å². The fourth-order valence-corrected chi connectivity index (χ4v) is 2.62. The highest BCUT2D eigenvalue weighted by Crippen LogP contribution is 2.38. The van der Waals surface area contributed by atoms with Gasteiger partial charge in [0.25, 0.3) is 0 Å². The van der Waals surface area contributed by atoms with Gasteiger partial charge >= 0.3 is 6.18 Å². The zero-order valence-corrected chi connectivity index (χ0v) is 9.98. The summed E-state index contributed by atoms with van der Waals surface area (Å²) in [5, 5.41) is 0. The number of halogens is 3. The van der Waals surface area contributed by atoms with E-state index < -0.39 is 18.0 Å². The van der Waals surface area contributed by atoms with E-state index in [-0.39, 0.29) is 11.9 Å². The maximum Gasteiger partial charge on any atom is 0.416 e. The first-order chi connectivity index (χ1) is 8.97. The number of benzene rings is 1. The molecular weight excluding hydrogens is 259 g/mol. The minimum atomic E-state index is -4.35. The second kappa shape index (κ2) is 4.23. The van der Waals surface area contributed by atoms with Gasteiger partial charge in [0.05, 0.1) is 18.2 Å². The fourth-order valence-electron chi connectivity index (χ4n) is 2.62. The van der Waals surface area contributed by atoms with Crippen LogP contribution in [0.3, 0.4) is 0 Å². The van der Waals surface area contributed by atoms with Crippen LogP contribution in [0.1, 0.15) is 30.2 Å². The summed E-state index contributed by atoms with van der Waals surface area (Å²) in [7, 11) is 0. The van der Waals surface area contributed by atoms with Crippen molar-refractivity contribution in [2.45, 2.75) is 31.3 Å². The van der Waals surface area contributed by atoms with Gasteiger partial charge in [0.1, 0.15) is 0 Å². The van der Waals surface area contributed by atoms with Crippen molar-refractivity contribution in [1.82, 2.24) is 4.90 Å². The molecule has 0 unspecified atom stereocenters. The van der Waals surface area contributed by atoms with E-state index >= 15 is 0 Å². The van der Waals surface area contributed by atoms with Crippen LogP contribution in [0.4, 0.5) is 13.2 Å². The molecule has 0 aromatic heterocycles. The molecule has 2 saturated heterocycles. The van der Waals surface area contributed by atoms with Crippen LogP contribution in [0.2, 0.25) is 0 Å². The van der Waals surface area contributed by atoms with Gasteiger partial charge in [-0.1, -0.05) is 12.1 Å². The number of carbonyl (C=O) groups is 1. The quantitative estimate of drug-likeness (QED) is 0.786. The molecule has 19 heavy (non-hydrogen) atoms. The van der Waals surface area contributed by atoms with Crippen molar-refractivity contribution >= 4 is 5.91 Å². The third-order valence-electron chi connectivity index (χ3n) is 3.60. The molecule has 0 spiro atoms. The van der Waals surface area contributed by atoms with E-state index in [4.69, 9.17) is 4.74 Å². The average Bonchev–Trinajstić information content (AvgIpc) is 2.92. The third kappa shape index (κ3) is 2.10. The molecule has 0 aliphatic carbocycles. The van der Waals surface area contributed by atoms with Crippen LogP contribution in [0, 0.1) is 0 Å². The molecule has 1 amide bonds. The Balaban J connectivity index is 1.85. The van der Waals surface area contributed by atoms with Gasteiger partial charge < -0.3 is 9.64 Å². The molecule has 1 aromatic rings. The molecule has 2 aliphatic rings. The maximum absolute atomic E-state index is 12.5. The van der Waals surface area contributed by atoms with Crippen LogP contribution in [0.5, 0.6) is 0 Å². The molecule has 2 aliphatic heterocycles. The van der Waals surface area contributed by atoms with Crippen molar-refractivity contribution < 1.29 is 22.7 Å². The summed E-state index contributed by atoms with van der Waals surface area (Å²) in [5.41, 5.74) is -0.107. The minimum Gasteiger partial charge on any atom is -0.352 e. The largest absolute Gasteiger partial charge is 0.416 e. The van der Waals surface area contributed by atoms with Gasteiger partial charge in [-0.25, -0.2) is 0 Å². The fraction of sp³-hybridized carbons (Fsp3) is 0.462. The minimum absolute atomic E-state index is 0.00685. The van der Waals surface area contributed by atoms with Crippen molar-refractivity contribution in [2.24, 2.45) is 0 Å². The number of alkyl halides is 3. The zero-order valence-electron chi connectivity index (χ0n) is 9.98. The van der Waals surface area contributed by atoms with E-state index in [9.17, 15) is 18.0 Å². The summed E-state index contributed by atoms with van der Waals surface area (Å²) in [6.07, 6.45) is -3.63. The molecule has 0 N–H and O–H groups in total. The average molecular weight is 271 g/mol. The molecule has 0 radical (unpaired) electrons. The molecule has 2 atom stereocenters. The highest BCUT2D eigenvalue weighted by molar-refractivity contribution is 5.79. The second-order valence-electron chi connectivity index (χ2n) is 4.80. The van der Waals surface area contributed by atoms with Gasteiger partial charge in [0.2, 0.25) is 5.91 Å². The van der Waals surface area contributed by atoms with Crippen molar-refractivity contribution in [1.29, 1.82) is 0 Å². The van der Waals surface area contributed by atoms with E-state index in [2.05, 4.69) is 0 Å². The number of amides is 1. The Morgan fingerprint density at radius 2 is 1.89 bits per heavy atom. The lowest BCUT2D eigenvalue weighted by atomic mass is 10.1. The van der Waals surface area contributed by atoms with Gasteiger partial charge in [0.15, 0.2) is 6.23 Å². The number of hydrogen-bond acceptors (Lipinski definition) is 2. The topological polar surface area (TPSA) is 29.5 Å². The lowest BCUT2D eigenvalue weighted by Gasteiger charge is -2.22. The summed E-state index contributed by atoms with van der Waals surface area (Å²) in [5.74, 6) is 0.00685. The predicted molar refractivity (Wildman–Crippen MR) is 60.0 cm³/mol. The van der Waals surface area contributed by atoms with Gasteiger partial charge in [-0.05, 0) is 18.6 Å². The summed E-state index contributed by atoms with van der Waals surface area (Å²) in [4.78, 5) is 13.4. The molecule has 3 rings (SSSR count). The van der Waals surface area contributed by atoms with Crippen molar-refractivity contribution in [3.05, 3.63) is 35.4 Å². The number of rotatable bonds is 1. The smallest absolute Gasteiger partial charge is 0.352 e. The first-order valence-electron chi connectivity index (χ1n) is 6.07. The van der Waals surface area contributed by atoms with Crippen molar-refractivity contribution in [3.63, 3.8) is 0 Å². The van der Waals surface area contributed by atoms with Gasteiger partial charge in [-0.15, -0.1) is 0 Å². The lowest BCUT2D eigenvalue weighted by molar-refractivity contribution is -0.138. The zero-order chi connectivity index (χ0) is 13.6. The number of nitrogens with zero attached hydrogens (tertiary/aromatic N) is 1. The van der Waals surface area contributed by atoms with E-state index in [0.29, 0.717) is 18.6 Å². The van der Waals surface area contributed by atoms with Crippen LogP contribution in [0.15, 0.2) is 24.3 Å². The Hall–Kier alpha value is -1.56. The molecule has 0 bridgehead atoms. The Labute approximate surface area is 108 Å². The molecule has 3 nitrogen and oxygen atoms in total. The predicted octanol–water partition coefficient (Wildman–Crippen LogP) is 2.73. The molecular formula is C13H12F3NO2. The first-order valence-corrected chi connectivity index (χ1v) is 6.07. The Morgan fingerprint density at radius 1 is 1.21 bits per heavy atom. The number of fused-ring (bicyclic) bond motifs is 1. The van der Waals surface area contributed by atoms with E-state index in [0.717, 1.165) is 18.6 Å². The van der Waals surface area contributed by atoms with E-state index in [1.807, 2.05) is 0 Å². The number of hydrogen-bond donors (Lipinski definition) is 0. The summed E-state index contributed by atoms with van der Waals surface area (Å²) >= 11 is 0. The van der Waals surface area contributed by atoms with E-state index in [1.54, 1.807) is 4.90 Å². The van der Waals surface area contributed by atoms with E-state index in [1.165, 1.54) is 12.1 Å². The normalized spacial score (nSPS) is 26.9. The number of carbonyl (C=O) groups excluding carboxylic acids is 1. The monoisotopic (exact) mass is 271 g/mol. The van der Waals surface area contributed by atoms with Gasteiger partial charge in [-0.2, -0.15) is 13.2 Å². The molecule has 0 saturated carbocycles. The van der Waals surface area contributed by atoms with Gasteiger partial charge in [-0.3, -0.25) is 4.79 Å². The molecule has 102 valence electrons. The Morgan fingerprint density at radius 3 is 2.53 bits per heavy atom. The first kappa shape index (κ1) is 12.5. The number of ether oxygens (including phenoxy) is 1. The van der Waals surface area contributed by atoms with Crippen LogP contribution in [-0.4, -0.2) is 23.5 Å².